The number of benzene rings is 8. The lowest BCUT2D eigenvalue weighted by molar-refractivity contribution is -0.155. The van der Waals surface area contributed by atoms with E-state index in [1.54, 1.807) is 38.5 Å². The summed E-state index contributed by atoms with van der Waals surface area (Å²) in [7, 11) is 5.73. The number of aliphatic hydroxyl groups is 2. The number of Topliss-reactive ketones (excluding diaryl/α,β-unsaturated/α-hetero) is 1. The highest BCUT2D eigenvalue weighted by Gasteiger charge is 2.78. The Morgan fingerprint density at radius 1 is 0.553 bits per heavy atom. The van der Waals surface area contributed by atoms with E-state index in [9.17, 15) is 24.6 Å². The van der Waals surface area contributed by atoms with Crippen LogP contribution in [0.3, 0.4) is 0 Å². The van der Waals surface area contributed by atoms with Gasteiger partial charge in [0.25, 0.3) is 0 Å². The molecule has 8 aromatic rings. The zero-order valence-corrected chi connectivity index (χ0v) is 48.4. The van der Waals surface area contributed by atoms with Crippen molar-refractivity contribution in [1.82, 2.24) is 0 Å². The number of nitrogens with zero attached hydrogens (tertiary/aromatic N) is 1. The molecule has 0 unspecified atom stereocenters. The lowest BCUT2D eigenvalue weighted by Crippen LogP contribution is -2.50. The third kappa shape index (κ3) is 9.45. The average molecular weight is 1140 g/mol. The average Bonchev–Trinajstić information content (AvgIpc) is 1.51. The number of esters is 2. The number of amidine groups is 2. The van der Waals surface area contributed by atoms with E-state index in [1.807, 2.05) is 198 Å². The van der Waals surface area contributed by atoms with Gasteiger partial charge in [0.2, 0.25) is 0 Å². The van der Waals surface area contributed by atoms with Crippen LogP contribution in [0.5, 0.6) is 23.0 Å². The van der Waals surface area contributed by atoms with E-state index < -0.39 is 57.9 Å². The van der Waals surface area contributed by atoms with Crippen molar-refractivity contribution in [3.63, 3.8) is 0 Å². The van der Waals surface area contributed by atoms with E-state index in [4.69, 9.17) is 50.3 Å². The van der Waals surface area contributed by atoms with E-state index in [0.29, 0.717) is 56.4 Å². The summed E-state index contributed by atoms with van der Waals surface area (Å²) in [5, 5.41) is 32.9. The van der Waals surface area contributed by atoms with Crippen molar-refractivity contribution in [3.05, 3.63) is 272 Å². The highest BCUT2D eigenvalue weighted by atomic mass is 16.5. The van der Waals surface area contributed by atoms with Gasteiger partial charge >= 0.3 is 11.9 Å². The second kappa shape index (κ2) is 23.1. The van der Waals surface area contributed by atoms with Gasteiger partial charge in [-0.2, -0.15) is 0 Å². The monoisotopic (exact) mass is 1140 g/mol. The number of methoxy groups -OCH3 is 4. The number of hydrogen-bond donors (Lipinski definition) is 5. The van der Waals surface area contributed by atoms with Crippen LogP contribution in [0, 0.1) is 39.0 Å². The molecule has 0 saturated heterocycles. The summed E-state index contributed by atoms with van der Waals surface area (Å²) in [5.74, 6) is -2.39. The van der Waals surface area contributed by atoms with E-state index in [2.05, 4.69) is 0 Å². The fraction of sp³-hybridized carbons (Fsp3) is 0.214. The number of ether oxygens (including phenoxy) is 6. The number of aliphatic imine (C=N–C) groups is 1. The molecular weight excluding hydrogens is 1070 g/mol. The Labute approximate surface area is 493 Å². The summed E-state index contributed by atoms with van der Waals surface area (Å²) in [4.78, 5) is 45.9. The molecule has 2 aliphatic carbocycles. The molecule has 1 fully saturated rings. The molecule has 8 aromatic carbocycles. The van der Waals surface area contributed by atoms with Gasteiger partial charge in [-0.1, -0.05) is 158 Å². The standard InChI is InChI=1S/C35H32N2O5.C28H26O6.C7H8N2/c1-21-19-22(2)29-27(20-21)42-35(25-15-17-26(40-3)18-16-25)30(23-11-7-5-8-12-23)28(33(38)41-4)31(34(29,35)39)37-32(36)24-13-9-6-10-14-24;1-16-14-17(2)23-21(15-16)34-28(19-10-12-20(32-3)13-11-19)24(18-8-6-5-7-9-18)22(26(30)33-4)25(29)27(23,28)31;8-7(9)6-4-2-1-3-5-6/h5-20,30,39H,1-4H3,(H2,36,37);5-15,22,24,31H,1-4H3;1-5H,(H3,8,9)/t30-,34+,35+;22-,24-,27+,28+;/m11./s1. The van der Waals surface area contributed by atoms with Gasteiger partial charge < -0.3 is 50.1 Å². The van der Waals surface area contributed by atoms with E-state index in [1.165, 1.54) is 14.2 Å². The second-order valence-corrected chi connectivity index (χ2v) is 21.5. The van der Waals surface area contributed by atoms with Crippen molar-refractivity contribution in [1.29, 1.82) is 5.41 Å². The summed E-state index contributed by atoms with van der Waals surface area (Å²) in [6.45, 7) is 7.68. The first-order chi connectivity index (χ1) is 40.8. The Morgan fingerprint density at radius 2 is 0.988 bits per heavy atom. The minimum absolute atomic E-state index is 0.0890. The predicted octanol–water partition coefficient (Wildman–Crippen LogP) is 10.3. The Morgan fingerprint density at radius 3 is 1.44 bits per heavy atom. The summed E-state index contributed by atoms with van der Waals surface area (Å²) < 4.78 is 34.9. The van der Waals surface area contributed by atoms with Crippen LogP contribution in [0.25, 0.3) is 0 Å². The van der Waals surface area contributed by atoms with Crippen molar-refractivity contribution >= 4 is 29.4 Å². The van der Waals surface area contributed by atoms with Crippen LogP contribution in [-0.4, -0.2) is 68.0 Å². The number of carbonyl (C=O) groups is 3. The molecule has 0 aromatic heterocycles. The molecule has 1 saturated carbocycles. The first-order valence-electron chi connectivity index (χ1n) is 27.5. The normalized spacial score (nSPS) is 23.0. The van der Waals surface area contributed by atoms with Gasteiger partial charge in [-0.3, -0.25) is 15.0 Å². The molecule has 0 radical (unpaired) electrons. The molecular formula is C70H66N4O11. The SMILES string of the molecule is COC(=O)C1=C(N=C(N)c2ccccc2)[C@@]2(O)c3c(C)cc(C)cc3O[C@@]2(c2ccc(OC)cc2)[C@@H]1c1ccccc1.COC(=O)[C@H]1C(=O)[C@@]2(O)c3c(C)cc(C)cc3O[C@@]2(c2ccc(OC)cc2)[C@@H]1c1ccccc1.N=C(N)c1ccccc1. The maximum Gasteiger partial charge on any atom is 0.336 e. The molecule has 7 N–H and O–H groups in total. The van der Waals surface area contributed by atoms with Gasteiger partial charge in [-0.15, -0.1) is 0 Å². The summed E-state index contributed by atoms with van der Waals surface area (Å²) in [5.41, 5.74) is 13.3. The number of ketones is 1. The number of carbonyl (C=O) groups excluding carboxylic acids is 3. The highest BCUT2D eigenvalue weighted by molar-refractivity contribution is 6.10. The second-order valence-electron chi connectivity index (χ2n) is 21.5. The lowest BCUT2D eigenvalue weighted by Gasteiger charge is -2.41. The Bertz CT molecular complexity index is 3920. The topological polar surface area (TPSA) is 235 Å². The van der Waals surface area contributed by atoms with Gasteiger partial charge in [0.1, 0.15) is 40.6 Å². The maximum atomic E-state index is 14.1. The maximum absolute atomic E-state index is 14.1. The molecule has 85 heavy (non-hydrogen) atoms. The molecule has 0 amide bonds. The third-order valence-electron chi connectivity index (χ3n) is 16.5. The van der Waals surface area contributed by atoms with Crippen molar-refractivity contribution in [2.75, 3.05) is 28.4 Å². The number of fused-ring (bicyclic) bond motifs is 6. The van der Waals surface area contributed by atoms with Crippen molar-refractivity contribution < 1.29 is 53.0 Å². The van der Waals surface area contributed by atoms with Crippen LogP contribution in [0.15, 0.2) is 210 Å². The molecule has 7 atom stereocenters. The Kier molecular flexibility index (Phi) is 15.8. The smallest absolute Gasteiger partial charge is 0.336 e. The molecule has 4 aliphatic rings. The van der Waals surface area contributed by atoms with Gasteiger partial charge in [-0.05, 0) is 97.5 Å². The minimum atomic E-state index is -2.10. The molecule has 0 bridgehead atoms. The van der Waals surface area contributed by atoms with Gasteiger partial charge in [0.15, 0.2) is 28.2 Å². The molecule has 15 heteroatoms. The van der Waals surface area contributed by atoms with Gasteiger partial charge in [0.05, 0.1) is 51.5 Å². The third-order valence-corrected chi connectivity index (χ3v) is 16.5. The van der Waals surface area contributed by atoms with E-state index in [-0.39, 0.29) is 22.9 Å². The van der Waals surface area contributed by atoms with Crippen molar-refractivity contribution in [3.8, 4) is 23.0 Å². The minimum Gasteiger partial charge on any atom is -0.497 e. The van der Waals surface area contributed by atoms with Gasteiger partial charge in [-0.25, -0.2) is 9.79 Å². The van der Waals surface area contributed by atoms with Crippen LogP contribution < -0.4 is 30.4 Å². The zero-order valence-electron chi connectivity index (χ0n) is 48.4. The van der Waals surface area contributed by atoms with Crippen LogP contribution >= 0.6 is 0 Å². The molecule has 432 valence electrons. The summed E-state index contributed by atoms with van der Waals surface area (Å²) in [6.07, 6.45) is 0. The Balaban J connectivity index is 0.000000167. The Hall–Kier alpha value is -9.83. The number of nitrogens with two attached hydrogens (primary N) is 2. The molecule has 2 aliphatic heterocycles. The summed E-state index contributed by atoms with van der Waals surface area (Å²) >= 11 is 0. The fourth-order valence-electron chi connectivity index (χ4n) is 13.1. The molecule has 12 rings (SSSR count). The largest absolute Gasteiger partial charge is 0.497 e. The zero-order chi connectivity index (χ0) is 60.6. The van der Waals surface area contributed by atoms with Gasteiger partial charge in [0, 0.05) is 33.4 Å². The summed E-state index contributed by atoms with van der Waals surface area (Å²) in [6, 6.07) is 59.2. The molecule has 15 nitrogen and oxygen atoms in total. The first kappa shape index (κ1) is 58.4. The van der Waals surface area contributed by atoms with Crippen LogP contribution in [0.1, 0.15) is 78.6 Å². The number of rotatable bonds is 11. The molecule has 2 heterocycles. The van der Waals surface area contributed by atoms with E-state index in [0.717, 1.165) is 33.4 Å². The number of hydrogen-bond acceptors (Lipinski definition) is 13. The number of aryl methyl sites for hydroxylation is 4. The number of nitrogens with one attached hydrogen (secondary N) is 1. The fourth-order valence-corrected chi connectivity index (χ4v) is 13.1. The lowest BCUT2D eigenvalue weighted by atomic mass is 9.68. The predicted molar refractivity (Wildman–Crippen MR) is 323 cm³/mol. The van der Waals surface area contributed by atoms with E-state index >= 15 is 0 Å². The first-order valence-corrected chi connectivity index (χ1v) is 27.5. The highest BCUT2D eigenvalue weighted by Crippen LogP contribution is 2.70. The quantitative estimate of drug-likeness (QED) is 0.0351. The number of nitrogen functional groups attached to an aromatic ring is 1. The van der Waals surface area contributed by atoms with Crippen LogP contribution in [-0.2, 0) is 46.3 Å². The van der Waals surface area contributed by atoms with Crippen molar-refractivity contribution in [2.45, 2.75) is 61.9 Å². The molecule has 0 spiro atoms. The van der Waals surface area contributed by atoms with Crippen molar-refractivity contribution in [2.24, 2.45) is 22.4 Å². The van der Waals surface area contributed by atoms with Crippen LogP contribution in [0.2, 0.25) is 0 Å². The van der Waals surface area contributed by atoms with Crippen LogP contribution in [0.4, 0.5) is 0 Å².